The van der Waals surface area contributed by atoms with Crippen molar-refractivity contribution >= 4 is 17.5 Å². The molecule has 0 aromatic heterocycles. The first kappa shape index (κ1) is 15.2. The Morgan fingerprint density at radius 2 is 1.73 bits per heavy atom. The molecule has 2 saturated heterocycles. The monoisotopic (exact) mass is 303 g/mol. The van der Waals surface area contributed by atoms with Crippen LogP contribution in [-0.2, 0) is 9.59 Å². The molecule has 2 heterocycles. The second kappa shape index (κ2) is 5.82. The van der Waals surface area contributed by atoms with Gasteiger partial charge in [0.1, 0.15) is 26.2 Å². The van der Waals surface area contributed by atoms with Crippen LogP contribution in [-0.4, -0.2) is 51.1 Å². The van der Waals surface area contributed by atoms with Gasteiger partial charge in [-0.2, -0.15) is 0 Å². The SMILES string of the molecule is Cc1ccc(N2C(=O)C[C@H]([NH+]3CC[NH+](C)CC3)C2=O)cc1C. The summed E-state index contributed by atoms with van der Waals surface area (Å²) in [6.07, 6.45) is 0.347. The molecule has 0 saturated carbocycles. The molecule has 118 valence electrons. The van der Waals surface area contributed by atoms with E-state index in [9.17, 15) is 9.59 Å². The van der Waals surface area contributed by atoms with Gasteiger partial charge < -0.3 is 9.80 Å². The van der Waals surface area contributed by atoms with Gasteiger partial charge >= 0.3 is 0 Å². The fraction of sp³-hybridized carbons (Fsp3) is 0.529. The van der Waals surface area contributed by atoms with Crippen LogP contribution in [0.3, 0.4) is 0 Å². The molecule has 22 heavy (non-hydrogen) atoms. The predicted molar refractivity (Wildman–Crippen MR) is 84.1 cm³/mol. The van der Waals surface area contributed by atoms with E-state index in [1.54, 1.807) is 0 Å². The molecule has 0 bridgehead atoms. The van der Waals surface area contributed by atoms with Gasteiger partial charge in [-0.3, -0.25) is 9.59 Å². The van der Waals surface area contributed by atoms with Crippen LogP contribution in [0.1, 0.15) is 17.5 Å². The molecule has 2 aliphatic heterocycles. The zero-order valence-corrected chi connectivity index (χ0v) is 13.6. The Bertz CT molecular complexity index is 606. The molecule has 2 N–H and O–H groups in total. The van der Waals surface area contributed by atoms with E-state index in [0.717, 1.165) is 37.4 Å². The van der Waals surface area contributed by atoms with Crippen molar-refractivity contribution in [2.45, 2.75) is 26.3 Å². The molecular weight excluding hydrogens is 278 g/mol. The molecule has 0 aliphatic carbocycles. The van der Waals surface area contributed by atoms with Crippen LogP contribution in [0.2, 0.25) is 0 Å². The summed E-state index contributed by atoms with van der Waals surface area (Å²) >= 11 is 0. The Labute approximate surface area is 131 Å². The summed E-state index contributed by atoms with van der Waals surface area (Å²) in [5.41, 5.74) is 3.00. The topological polar surface area (TPSA) is 46.3 Å². The van der Waals surface area contributed by atoms with Gasteiger partial charge in [-0.15, -0.1) is 0 Å². The highest BCUT2D eigenvalue weighted by Crippen LogP contribution is 2.24. The first-order valence-electron chi connectivity index (χ1n) is 8.07. The number of hydrogen-bond acceptors (Lipinski definition) is 2. The maximum Gasteiger partial charge on any atom is 0.292 e. The van der Waals surface area contributed by atoms with Crippen LogP contribution in [0.5, 0.6) is 0 Å². The van der Waals surface area contributed by atoms with Gasteiger partial charge in [-0.05, 0) is 37.1 Å². The summed E-state index contributed by atoms with van der Waals surface area (Å²) < 4.78 is 0. The maximum absolute atomic E-state index is 12.8. The van der Waals surface area contributed by atoms with Crippen LogP contribution in [0, 0.1) is 13.8 Å². The second-order valence-corrected chi connectivity index (χ2v) is 6.71. The van der Waals surface area contributed by atoms with E-state index in [2.05, 4.69) is 7.05 Å². The molecular formula is C17H25N3O2+2. The summed E-state index contributed by atoms with van der Waals surface area (Å²) in [6, 6.07) is 5.60. The standard InChI is InChI=1S/C17H23N3O2/c1-12-4-5-14(10-13(12)2)20-16(21)11-15(17(20)22)19-8-6-18(3)7-9-19/h4-5,10,15H,6-9,11H2,1-3H3/p+2/t15-/m0/s1. The number of carbonyl (C=O) groups is 2. The van der Waals surface area contributed by atoms with Gasteiger partial charge in [-0.25, -0.2) is 4.90 Å². The first-order chi connectivity index (χ1) is 10.5. The molecule has 2 fully saturated rings. The average Bonchev–Trinajstić information content (AvgIpc) is 2.78. The minimum absolute atomic E-state index is 0.0252. The lowest BCUT2D eigenvalue weighted by atomic mass is 10.1. The molecule has 2 amide bonds. The Balaban J connectivity index is 1.80. The van der Waals surface area contributed by atoms with Crippen molar-refractivity contribution in [3.63, 3.8) is 0 Å². The van der Waals surface area contributed by atoms with E-state index < -0.39 is 0 Å². The Hall–Kier alpha value is -1.72. The number of benzene rings is 1. The van der Waals surface area contributed by atoms with Crippen LogP contribution in [0.25, 0.3) is 0 Å². The van der Waals surface area contributed by atoms with E-state index >= 15 is 0 Å². The zero-order valence-electron chi connectivity index (χ0n) is 13.6. The van der Waals surface area contributed by atoms with Crippen molar-refractivity contribution < 1.29 is 19.4 Å². The van der Waals surface area contributed by atoms with E-state index in [4.69, 9.17) is 0 Å². The molecule has 1 atom stereocenters. The largest absolute Gasteiger partial charge is 0.328 e. The number of nitrogens with zero attached hydrogens (tertiary/aromatic N) is 1. The molecule has 5 nitrogen and oxygen atoms in total. The van der Waals surface area contributed by atoms with E-state index in [-0.39, 0.29) is 17.9 Å². The minimum atomic E-state index is -0.192. The third-order valence-corrected chi connectivity index (χ3v) is 5.13. The lowest BCUT2D eigenvalue weighted by Crippen LogP contribution is -3.29. The summed E-state index contributed by atoms with van der Waals surface area (Å²) in [5, 5.41) is 0. The van der Waals surface area contributed by atoms with Crippen molar-refractivity contribution in [1.82, 2.24) is 0 Å². The fourth-order valence-electron chi connectivity index (χ4n) is 3.43. The smallest absolute Gasteiger partial charge is 0.292 e. The summed E-state index contributed by atoms with van der Waals surface area (Å²) in [7, 11) is 2.18. The van der Waals surface area contributed by atoms with Gasteiger partial charge in [0.25, 0.3) is 5.91 Å². The molecule has 5 heteroatoms. The summed E-state index contributed by atoms with van der Waals surface area (Å²) in [5.74, 6) is -0.0835. The van der Waals surface area contributed by atoms with E-state index in [1.807, 2.05) is 32.0 Å². The van der Waals surface area contributed by atoms with Crippen LogP contribution in [0.4, 0.5) is 5.69 Å². The van der Waals surface area contributed by atoms with Crippen molar-refractivity contribution in [2.75, 3.05) is 38.1 Å². The van der Waals surface area contributed by atoms with Gasteiger partial charge in [0.05, 0.1) is 19.2 Å². The summed E-state index contributed by atoms with van der Waals surface area (Å²) in [4.78, 5) is 29.3. The minimum Gasteiger partial charge on any atom is -0.328 e. The normalized spacial score (nSPS) is 29.2. The number of likely N-dealkylation sites (N-methyl/N-ethyl adjacent to an activating group) is 1. The Kier molecular flexibility index (Phi) is 4.02. The highest BCUT2D eigenvalue weighted by atomic mass is 16.2. The maximum atomic E-state index is 12.8. The number of carbonyl (C=O) groups excluding carboxylic acids is 2. The molecule has 0 radical (unpaired) electrons. The lowest BCUT2D eigenvalue weighted by Gasteiger charge is -2.30. The molecule has 3 rings (SSSR count). The van der Waals surface area contributed by atoms with Crippen molar-refractivity contribution in [2.24, 2.45) is 0 Å². The van der Waals surface area contributed by atoms with Crippen molar-refractivity contribution in [3.05, 3.63) is 29.3 Å². The number of quaternary nitrogens is 2. The molecule has 1 aromatic carbocycles. The number of piperazine rings is 1. The van der Waals surface area contributed by atoms with Crippen LogP contribution in [0.15, 0.2) is 18.2 Å². The van der Waals surface area contributed by atoms with E-state index in [0.29, 0.717) is 6.42 Å². The molecule has 1 aromatic rings. The zero-order chi connectivity index (χ0) is 15.9. The van der Waals surface area contributed by atoms with E-state index in [1.165, 1.54) is 20.3 Å². The highest BCUT2D eigenvalue weighted by Gasteiger charge is 2.46. The number of amides is 2. The number of anilines is 1. The molecule has 0 spiro atoms. The van der Waals surface area contributed by atoms with Crippen LogP contribution >= 0.6 is 0 Å². The first-order valence-corrected chi connectivity index (χ1v) is 8.07. The number of nitrogens with one attached hydrogen (secondary N) is 2. The lowest BCUT2D eigenvalue weighted by molar-refractivity contribution is -1.01. The molecule has 2 aliphatic rings. The predicted octanol–water partition coefficient (Wildman–Crippen LogP) is -1.65. The van der Waals surface area contributed by atoms with Crippen LogP contribution < -0.4 is 14.7 Å². The third kappa shape index (κ3) is 2.66. The second-order valence-electron chi connectivity index (χ2n) is 6.71. The van der Waals surface area contributed by atoms with Crippen molar-refractivity contribution in [3.8, 4) is 0 Å². The van der Waals surface area contributed by atoms with Gasteiger partial charge in [0.2, 0.25) is 5.91 Å². The summed E-state index contributed by atoms with van der Waals surface area (Å²) in [6.45, 7) is 8.11. The number of aryl methyl sites for hydroxylation is 2. The highest BCUT2D eigenvalue weighted by molar-refractivity contribution is 6.21. The number of hydrogen-bond donors (Lipinski definition) is 2. The van der Waals surface area contributed by atoms with Gasteiger partial charge in [0, 0.05) is 0 Å². The fourth-order valence-corrected chi connectivity index (χ4v) is 3.43. The Morgan fingerprint density at radius 3 is 2.36 bits per heavy atom. The average molecular weight is 303 g/mol. The molecule has 0 unspecified atom stereocenters. The Morgan fingerprint density at radius 1 is 1.05 bits per heavy atom. The van der Waals surface area contributed by atoms with Gasteiger partial charge in [0.15, 0.2) is 6.04 Å². The van der Waals surface area contributed by atoms with Gasteiger partial charge in [-0.1, -0.05) is 6.07 Å². The third-order valence-electron chi connectivity index (χ3n) is 5.13. The number of imide groups is 1. The quantitative estimate of drug-likeness (QED) is 0.643. The van der Waals surface area contributed by atoms with Crippen molar-refractivity contribution in [1.29, 1.82) is 0 Å². The number of rotatable bonds is 2.